The summed E-state index contributed by atoms with van der Waals surface area (Å²) in [5.41, 5.74) is 2.66. The predicted octanol–water partition coefficient (Wildman–Crippen LogP) is 3.89. The molecule has 2 rings (SSSR count). The summed E-state index contributed by atoms with van der Waals surface area (Å²) in [6.07, 6.45) is 0. The molecule has 0 aromatic heterocycles. The maximum atomic E-state index is 12.9. The van der Waals surface area contributed by atoms with Crippen molar-refractivity contribution in [3.63, 3.8) is 0 Å². The van der Waals surface area contributed by atoms with Gasteiger partial charge in [-0.25, -0.2) is 4.39 Å². The molecule has 2 aromatic rings. The van der Waals surface area contributed by atoms with Crippen molar-refractivity contribution in [1.29, 1.82) is 0 Å². The van der Waals surface area contributed by atoms with E-state index in [1.807, 2.05) is 13.0 Å². The van der Waals surface area contributed by atoms with Crippen molar-refractivity contribution >= 4 is 5.69 Å². The molecule has 0 aliphatic carbocycles. The summed E-state index contributed by atoms with van der Waals surface area (Å²) in [4.78, 5) is 10.5. The smallest absolute Gasteiger partial charge is 0.272 e. The van der Waals surface area contributed by atoms with E-state index in [9.17, 15) is 14.5 Å². The van der Waals surface area contributed by atoms with Crippen molar-refractivity contribution < 1.29 is 9.31 Å². The van der Waals surface area contributed by atoms with E-state index in [1.54, 1.807) is 25.1 Å². The second-order valence-corrected chi connectivity index (χ2v) is 4.97. The van der Waals surface area contributed by atoms with Gasteiger partial charge >= 0.3 is 0 Å². The third kappa shape index (κ3) is 3.64. The van der Waals surface area contributed by atoms with E-state index in [-0.39, 0.29) is 22.5 Å². The van der Waals surface area contributed by atoms with Crippen LogP contribution in [0, 0.1) is 22.9 Å². The van der Waals surface area contributed by atoms with Crippen molar-refractivity contribution in [2.45, 2.75) is 26.4 Å². The number of benzene rings is 2. The van der Waals surface area contributed by atoms with Crippen LogP contribution in [0.15, 0.2) is 42.5 Å². The largest absolute Gasteiger partial charge is 0.306 e. The van der Waals surface area contributed by atoms with Crippen LogP contribution in [-0.2, 0) is 6.54 Å². The van der Waals surface area contributed by atoms with E-state index in [2.05, 4.69) is 5.32 Å². The van der Waals surface area contributed by atoms with Crippen molar-refractivity contribution in [1.82, 2.24) is 5.32 Å². The summed E-state index contributed by atoms with van der Waals surface area (Å²) in [6.45, 7) is 4.24. The Balaban J connectivity index is 2.08. The van der Waals surface area contributed by atoms with Gasteiger partial charge in [-0.15, -0.1) is 0 Å². The molecule has 21 heavy (non-hydrogen) atoms. The molecule has 0 bridgehead atoms. The molecule has 110 valence electrons. The third-order valence-corrected chi connectivity index (χ3v) is 3.58. The molecular formula is C16H17FN2O2. The van der Waals surface area contributed by atoms with Gasteiger partial charge in [0.1, 0.15) is 5.82 Å². The fourth-order valence-corrected chi connectivity index (χ4v) is 2.19. The number of hydrogen-bond acceptors (Lipinski definition) is 3. The summed E-state index contributed by atoms with van der Waals surface area (Å²) < 4.78 is 12.9. The number of rotatable bonds is 5. The van der Waals surface area contributed by atoms with Crippen LogP contribution in [0.2, 0.25) is 0 Å². The Labute approximate surface area is 122 Å². The molecule has 0 aliphatic rings. The predicted molar refractivity (Wildman–Crippen MR) is 79.5 cm³/mol. The van der Waals surface area contributed by atoms with E-state index >= 15 is 0 Å². The Morgan fingerprint density at radius 2 is 1.90 bits per heavy atom. The number of nitrogens with zero attached hydrogens (tertiary/aromatic N) is 1. The first kappa shape index (κ1) is 15.1. The molecule has 1 atom stereocenters. The second kappa shape index (κ2) is 6.45. The minimum atomic E-state index is -0.373. The molecule has 4 nitrogen and oxygen atoms in total. The van der Waals surface area contributed by atoms with Crippen molar-refractivity contribution in [3.05, 3.63) is 75.1 Å². The van der Waals surface area contributed by atoms with Gasteiger partial charge in [-0.1, -0.05) is 24.3 Å². The first-order valence-electron chi connectivity index (χ1n) is 6.70. The van der Waals surface area contributed by atoms with Gasteiger partial charge < -0.3 is 5.32 Å². The molecule has 5 heteroatoms. The van der Waals surface area contributed by atoms with E-state index in [4.69, 9.17) is 0 Å². The number of halogens is 1. The van der Waals surface area contributed by atoms with E-state index in [0.717, 1.165) is 11.1 Å². The van der Waals surface area contributed by atoms with Gasteiger partial charge in [0.05, 0.1) is 4.92 Å². The highest BCUT2D eigenvalue weighted by atomic mass is 19.1. The van der Waals surface area contributed by atoms with Crippen LogP contribution in [0.4, 0.5) is 10.1 Å². The Bertz CT molecular complexity index is 641. The van der Waals surface area contributed by atoms with E-state index in [0.29, 0.717) is 12.1 Å². The fourth-order valence-electron chi connectivity index (χ4n) is 2.19. The normalized spacial score (nSPS) is 12.1. The van der Waals surface area contributed by atoms with E-state index < -0.39 is 0 Å². The lowest BCUT2D eigenvalue weighted by molar-refractivity contribution is -0.385. The van der Waals surface area contributed by atoms with Crippen LogP contribution in [-0.4, -0.2) is 4.92 Å². The minimum Gasteiger partial charge on any atom is -0.306 e. The molecule has 0 heterocycles. The lowest BCUT2D eigenvalue weighted by Crippen LogP contribution is -2.18. The summed E-state index contributed by atoms with van der Waals surface area (Å²) in [5.74, 6) is -0.263. The lowest BCUT2D eigenvalue weighted by atomic mass is 10.0. The van der Waals surface area contributed by atoms with Crippen LogP contribution in [0.1, 0.15) is 29.7 Å². The monoisotopic (exact) mass is 288 g/mol. The molecule has 0 aliphatic heterocycles. The summed E-state index contributed by atoms with van der Waals surface area (Å²) in [7, 11) is 0. The van der Waals surface area contributed by atoms with Gasteiger partial charge in [0.2, 0.25) is 0 Å². The summed E-state index contributed by atoms with van der Waals surface area (Å²) in [6, 6.07) is 11.4. The van der Waals surface area contributed by atoms with Crippen molar-refractivity contribution in [2.24, 2.45) is 0 Å². The zero-order chi connectivity index (χ0) is 15.4. The maximum absolute atomic E-state index is 12.9. The zero-order valence-electron chi connectivity index (χ0n) is 12.0. The molecule has 1 N–H and O–H groups in total. The second-order valence-electron chi connectivity index (χ2n) is 4.97. The number of nitrogens with one attached hydrogen (secondary N) is 1. The Kier molecular flexibility index (Phi) is 4.65. The quantitative estimate of drug-likeness (QED) is 0.670. The van der Waals surface area contributed by atoms with Crippen LogP contribution in [0.5, 0.6) is 0 Å². The number of nitro groups is 1. The van der Waals surface area contributed by atoms with Gasteiger partial charge in [-0.2, -0.15) is 0 Å². The highest BCUT2D eigenvalue weighted by Gasteiger charge is 2.13. The standard InChI is InChI=1S/C16H17FN2O2/c1-11-14(4-3-5-16(11)19(20)21)10-18-12(2)13-6-8-15(17)9-7-13/h3-9,12,18H,10H2,1-2H3/t12-/m0/s1. The minimum absolute atomic E-state index is 0.0317. The topological polar surface area (TPSA) is 55.2 Å². The first-order valence-corrected chi connectivity index (χ1v) is 6.70. The maximum Gasteiger partial charge on any atom is 0.272 e. The van der Waals surface area contributed by atoms with Gasteiger partial charge in [0, 0.05) is 24.2 Å². The molecule has 0 saturated carbocycles. The van der Waals surface area contributed by atoms with Crippen LogP contribution >= 0.6 is 0 Å². The molecule has 0 unspecified atom stereocenters. The highest BCUT2D eigenvalue weighted by molar-refractivity contribution is 5.44. The van der Waals surface area contributed by atoms with Gasteiger partial charge in [-0.3, -0.25) is 10.1 Å². The fraction of sp³-hybridized carbons (Fsp3) is 0.250. The van der Waals surface area contributed by atoms with Gasteiger partial charge in [-0.05, 0) is 37.1 Å². The molecule has 0 fully saturated rings. The Hall–Kier alpha value is -2.27. The zero-order valence-corrected chi connectivity index (χ0v) is 12.0. The van der Waals surface area contributed by atoms with Crippen LogP contribution in [0.25, 0.3) is 0 Å². The highest BCUT2D eigenvalue weighted by Crippen LogP contribution is 2.22. The van der Waals surface area contributed by atoms with Crippen molar-refractivity contribution in [3.8, 4) is 0 Å². The van der Waals surface area contributed by atoms with Crippen LogP contribution < -0.4 is 5.32 Å². The number of hydrogen-bond donors (Lipinski definition) is 1. The van der Waals surface area contributed by atoms with Gasteiger partial charge in [0.15, 0.2) is 0 Å². The summed E-state index contributed by atoms with van der Waals surface area (Å²) >= 11 is 0. The Morgan fingerprint density at radius 3 is 2.52 bits per heavy atom. The molecule has 0 amide bonds. The molecule has 2 aromatic carbocycles. The third-order valence-electron chi connectivity index (χ3n) is 3.58. The van der Waals surface area contributed by atoms with Crippen molar-refractivity contribution in [2.75, 3.05) is 0 Å². The van der Waals surface area contributed by atoms with E-state index in [1.165, 1.54) is 18.2 Å². The van der Waals surface area contributed by atoms with Gasteiger partial charge in [0.25, 0.3) is 5.69 Å². The Morgan fingerprint density at radius 1 is 1.24 bits per heavy atom. The lowest BCUT2D eigenvalue weighted by Gasteiger charge is -2.15. The summed E-state index contributed by atoms with van der Waals surface area (Å²) in [5, 5.41) is 14.2. The number of nitro benzene ring substituents is 1. The van der Waals surface area contributed by atoms with Crippen LogP contribution in [0.3, 0.4) is 0 Å². The molecule has 0 spiro atoms. The average molecular weight is 288 g/mol. The average Bonchev–Trinajstić information content (AvgIpc) is 2.46. The SMILES string of the molecule is Cc1c(CN[C@@H](C)c2ccc(F)cc2)cccc1[N+](=O)[O-]. The first-order chi connectivity index (χ1) is 9.99. The molecule has 0 radical (unpaired) electrons. The molecular weight excluding hydrogens is 271 g/mol. The molecule has 0 saturated heterocycles.